The molecule has 2 atom stereocenters. The van der Waals surface area contributed by atoms with Crippen LogP contribution in [0, 0.1) is 12.8 Å². The third-order valence-corrected chi connectivity index (χ3v) is 5.09. The van der Waals surface area contributed by atoms with Gasteiger partial charge in [0.2, 0.25) is 0 Å². The number of rotatable bonds is 4. The zero-order valence-electron chi connectivity index (χ0n) is 12.1. The maximum atomic E-state index is 12.6. The van der Waals surface area contributed by atoms with Crippen LogP contribution >= 0.6 is 11.3 Å². The maximum Gasteiger partial charge on any atom is 0.264 e. The first-order valence-electron chi connectivity index (χ1n) is 7.17. The number of likely N-dealkylation sites (tertiary alicyclic amines) is 1. The third-order valence-electron chi connectivity index (χ3n) is 4.01. The Balaban J connectivity index is 2.13. The van der Waals surface area contributed by atoms with Gasteiger partial charge in [-0.05, 0) is 50.8 Å². The second kappa shape index (κ2) is 6.06. The fourth-order valence-corrected chi connectivity index (χ4v) is 3.91. The van der Waals surface area contributed by atoms with E-state index in [1.807, 2.05) is 4.90 Å². The molecule has 1 saturated heterocycles. The summed E-state index contributed by atoms with van der Waals surface area (Å²) in [5.41, 5.74) is 7.06. The lowest BCUT2D eigenvalue weighted by atomic mass is 10.1. The molecule has 0 saturated carbocycles. The zero-order chi connectivity index (χ0) is 14.0. The van der Waals surface area contributed by atoms with Crippen molar-refractivity contribution in [3.8, 4) is 0 Å². The second-order valence-corrected chi connectivity index (χ2v) is 6.84. The molecule has 0 aromatic carbocycles. The molecule has 4 heteroatoms. The summed E-state index contributed by atoms with van der Waals surface area (Å²) in [6.45, 7) is 7.91. The molecule has 1 aliphatic heterocycles. The molecule has 0 radical (unpaired) electrons. The van der Waals surface area contributed by atoms with Gasteiger partial charge in [-0.15, -0.1) is 11.3 Å². The molecule has 1 aromatic rings. The smallest absolute Gasteiger partial charge is 0.264 e. The lowest BCUT2D eigenvalue weighted by molar-refractivity contribution is 0.0748. The molecular weight excluding hydrogens is 256 g/mol. The Morgan fingerprint density at radius 2 is 2.32 bits per heavy atom. The van der Waals surface area contributed by atoms with Crippen LogP contribution in [0.4, 0.5) is 0 Å². The number of aryl methyl sites for hydroxylation is 2. The predicted octanol–water partition coefficient (Wildman–Crippen LogP) is 2.82. The summed E-state index contributed by atoms with van der Waals surface area (Å²) in [6, 6.07) is 2.41. The average molecular weight is 280 g/mol. The number of hydrogen-bond donors (Lipinski definition) is 1. The standard InChI is InChI=1S/C15H24N2OS/c1-4-5-13-7-14(19-11(13)3)15(18)17-9-12(8-16)6-10(17)2/h7,10,12H,4-6,8-9,16H2,1-3H3. The van der Waals surface area contributed by atoms with E-state index in [-0.39, 0.29) is 5.91 Å². The lowest BCUT2D eigenvalue weighted by Crippen LogP contribution is -2.33. The van der Waals surface area contributed by atoms with E-state index in [1.165, 1.54) is 10.4 Å². The molecule has 2 rings (SSSR count). The molecule has 2 N–H and O–H groups in total. The highest BCUT2D eigenvalue weighted by molar-refractivity contribution is 7.14. The first-order chi connectivity index (χ1) is 9.06. The van der Waals surface area contributed by atoms with Gasteiger partial charge in [0, 0.05) is 17.5 Å². The molecular formula is C15H24N2OS. The van der Waals surface area contributed by atoms with Crippen molar-refractivity contribution >= 4 is 17.2 Å². The van der Waals surface area contributed by atoms with Crippen molar-refractivity contribution in [3.63, 3.8) is 0 Å². The van der Waals surface area contributed by atoms with Crippen LogP contribution in [0.3, 0.4) is 0 Å². The Morgan fingerprint density at radius 3 is 2.89 bits per heavy atom. The van der Waals surface area contributed by atoms with Gasteiger partial charge in [-0.3, -0.25) is 4.79 Å². The molecule has 1 aromatic heterocycles. The topological polar surface area (TPSA) is 46.3 Å². The second-order valence-electron chi connectivity index (χ2n) is 5.59. The van der Waals surface area contributed by atoms with Gasteiger partial charge in [-0.2, -0.15) is 0 Å². The van der Waals surface area contributed by atoms with Crippen LogP contribution < -0.4 is 5.73 Å². The monoisotopic (exact) mass is 280 g/mol. The summed E-state index contributed by atoms with van der Waals surface area (Å²) in [7, 11) is 0. The number of hydrogen-bond acceptors (Lipinski definition) is 3. The van der Waals surface area contributed by atoms with E-state index in [0.29, 0.717) is 18.5 Å². The van der Waals surface area contributed by atoms with Crippen LogP contribution in [-0.4, -0.2) is 29.9 Å². The Hall–Kier alpha value is -0.870. The van der Waals surface area contributed by atoms with Crippen molar-refractivity contribution in [1.29, 1.82) is 0 Å². The molecule has 2 unspecified atom stereocenters. The van der Waals surface area contributed by atoms with E-state index < -0.39 is 0 Å². The van der Waals surface area contributed by atoms with E-state index in [1.54, 1.807) is 11.3 Å². The van der Waals surface area contributed by atoms with Crippen molar-refractivity contribution in [3.05, 3.63) is 21.4 Å². The van der Waals surface area contributed by atoms with E-state index in [0.717, 1.165) is 30.7 Å². The van der Waals surface area contributed by atoms with Gasteiger partial charge in [0.25, 0.3) is 5.91 Å². The zero-order valence-corrected chi connectivity index (χ0v) is 12.9. The molecule has 106 valence electrons. The molecule has 19 heavy (non-hydrogen) atoms. The molecule has 0 spiro atoms. The van der Waals surface area contributed by atoms with Gasteiger partial charge >= 0.3 is 0 Å². The van der Waals surface area contributed by atoms with Crippen molar-refractivity contribution in [2.75, 3.05) is 13.1 Å². The Bertz CT molecular complexity index is 455. The first-order valence-corrected chi connectivity index (χ1v) is 7.98. The Labute approximate surface area is 119 Å². The van der Waals surface area contributed by atoms with Crippen molar-refractivity contribution in [2.24, 2.45) is 11.7 Å². The predicted molar refractivity (Wildman–Crippen MR) is 80.7 cm³/mol. The normalized spacial score (nSPS) is 23.1. The summed E-state index contributed by atoms with van der Waals surface area (Å²) in [5, 5.41) is 0. The molecule has 2 heterocycles. The fraction of sp³-hybridized carbons (Fsp3) is 0.667. The van der Waals surface area contributed by atoms with Crippen LogP contribution in [0.15, 0.2) is 6.07 Å². The van der Waals surface area contributed by atoms with Gasteiger partial charge in [0.15, 0.2) is 0 Å². The highest BCUT2D eigenvalue weighted by Gasteiger charge is 2.32. The number of carbonyl (C=O) groups excluding carboxylic acids is 1. The number of amides is 1. The van der Waals surface area contributed by atoms with Gasteiger partial charge in [0.05, 0.1) is 4.88 Å². The lowest BCUT2D eigenvalue weighted by Gasteiger charge is -2.20. The van der Waals surface area contributed by atoms with Crippen molar-refractivity contribution in [2.45, 2.75) is 46.1 Å². The van der Waals surface area contributed by atoms with Crippen LogP contribution in [0.5, 0.6) is 0 Å². The number of nitrogens with zero attached hydrogens (tertiary/aromatic N) is 1. The summed E-state index contributed by atoms with van der Waals surface area (Å²) in [6.07, 6.45) is 3.23. The highest BCUT2D eigenvalue weighted by atomic mass is 32.1. The largest absolute Gasteiger partial charge is 0.335 e. The molecule has 0 aliphatic carbocycles. The average Bonchev–Trinajstić information content (AvgIpc) is 2.93. The summed E-state index contributed by atoms with van der Waals surface area (Å²) < 4.78 is 0. The number of nitrogens with two attached hydrogens (primary N) is 1. The minimum absolute atomic E-state index is 0.193. The van der Waals surface area contributed by atoms with Gasteiger partial charge in [0.1, 0.15) is 0 Å². The molecule has 1 fully saturated rings. The highest BCUT2D eigenvalue weighted by Crippen LogP contribution is 2.28. The Kier molecular flexibility index (Phi) is 4.63. The van der Waals surface area contributed by atoms with Gasteiger partial charge in [-0.25, -0.2) is 0 Å². The number of thiophene rings is 1. The van der Waals surface area contributed by atoms with Crippen molar-refractivity contribution in [1.82, 2.24) is 4.90 Å². The fourth-order valence-electron chi connectivity index (χ4n) is 2.88. The van der Waals surface area contributed by atoms with Gasteiger partial charge in [-0.1, -0.05) is 13.3 Å². The molecule has 1 aliphatic rings. The minimum Gasteiger partial charge on any atom is -0.335 e. The van der Waals surface area contributed by atoms with Gasteiger partial charge < -0.3 is 10.6 Å². The molecule has 3 nitrogen and oxygen atoms in total. The first kappa shape index (κ1) is 14.5. The van der Waals surface area contributed by atoms with Crippen LogP contribution in [0.25, 0.3) is 0 Å². The third kappa shape index (κ3) is 3.00. The molecule has 0 bridgehead atoms. The van der Waals surface area contributed by atoms with Crippen LogP contribution in [0.1, 0.15) is 46.8 Å². The Morgan fingerprint density at radius 1 is 1.58 bits per heavy atom. The van der Waals surface area contributed by atoms with E-state index in [2.05, 4.69) is 26.8 Å². The van der Waals surface area contributed by atoms with E-state index in [4.69, 9.17) is 5.73 Å². The SMILES string of the molecule is CCCc1cc(C(=O)N2CC(CN)CC2C)sc1C. The number of carbonyl (C=O) groups is 1. The van der Waals surface area contributed by atoms with Crippen molar-refractivity contribution < 1.29 is 4.79 Å². The minimum atomic E-state index is 0.193. The van der Waals surface area contributed by atoms with Crippen LogP contribution in [0.2, 0.25) is 0 Å². The summed E-state index contributed by atoms with van der Waals surface area (Å²) in [4.78, 5) is 16.8. The van der Waals surface area contributed by atoms with E-state index in [9.17, 15) is 4.79 Å². The quantitative estimate of drug-likeness (QED) is 0.922. The molecule has 1 amide bonds. The maximum absolute atomic E-state index is 12.6. The summed E-state index contributed by atoms with van der Waals surface area (Å²) in [5.74, 6) is 0.661. The van der Waals surface area contributed by atoms with Crippen LogP contribution in [-0.2, 0) is 6.42 Å². The summed E-state index contributed by atoms with van der Waals surface area (Å²) >= 11 is 1.64. The van der Waals surface area contributed by atoms with E-state index >= 15 is 0 Å².